The van der Waals surface area contributed by atoms with Crippen molar-refractivity contribution in [1.29, 1.82) is 0 Å². The maximum atomic E-state index is 6.16. The highest BCUT2D eigenvalue weighted by atomic mass is 16.8. The summed E-state index contributed by atoms with van der Waals surface area (Å²) in [5.41, 5.74) is 0. The van der Waals surface area contributed by atoms with E-state index in [1.54, 1.807) is 14.2 Å². The molecule has 0 spiro atoms. The first-order chi connectivity index (χ1) is 8.01. The summed E-state index contributed by atoms with van der Waals surface area (Å²) in [6, 6.07) is 0. The highest BCUT2D eigenvalue weighted by Gasteiger charge is 2.60. The van der Waals surface area contributed by atoms with Crippen LogP contribution in [-0.4, -0.2) is 38.0 Å². The van der Waals surface area contributed by atoms with Crippen molar-refractivity contribution in [3.63, 3.8) is 0 Å². The highest BCUT2D eigenvalue weighted by molar-refractivity contribution is 5.02. The number of ether oxygens (including phenoxy) is 4. The van der Waals surface area contributed by atoms with Gasteiger partial charge in [-0.25, -0.2) is 0 Å². The summed E-state index contributed by atoms with van der Waals surface area (Å²) in [6.45, 7) is 3.79. The fourth-order valence-corrected chi connectivity index (χ4v) is 3.29. The number of rotatable bonds is 2. The first-order valence-electron chi connectivity index (χ1n) is 6.47. The molecule has 0 aromatic heterocycles. The number of hydrogen-bond donors (Lipinski definition) is 0. The van der Waals surface area contributed by atoms with Gasteiger partial charge in [-0.1, -0.05) is 0 Å². The lowest BCUT2D eigenvalue weighted by atomic mass is 9.91. The zero-order valence-electron chi connectivity index (χ0n) is 11.1. The third kappa shape index (κ3) is 1.65. The highest BCUT2D eigenvalue weighted by Crippen LogP contribution is 2.54. The van der Waals surface area contributed by atoms with Gasteiger partial charge in [0.25, 0.3) is 0 Å². The van der Waals surface area contributed by atoms with Crippen LogP contribution in [0.4, 0.5) is 0 Å². The largest absolute Gasteiger partial charge is 0.349 e. The Morgan fingerprint density at radius 3 is 1.59 bits per heavy atom. The Morgan fingerprint density at radius 1 is 0.824 bits per heavy atom. The van der Waals surface area contributed by atoms with Crippen molar-refractivity contribution in [2.24, 2.45) is 11.8 Å². The van der Waals surface area contributed by atoms with E-state index in [1.807, 2.05) is 13.8 Å². The molecule has 6 atom stereocenters. The molecule has 0 aromatic carbocycles. The number of methoxy groups -OCH3 is 2. The molecule has 0 amide bonds. The fraction of sp³-hybridized carbons (Fsp3) is 1.00. The van der Waals surface area contributed by atoms with Gasteiger partial charge in [-0.15, -0.1) is 0 Å². The number of fused-ring (bicyclic) bond motifs is 2. The van der Waals surface area contributed by atoms with Gasteiger partial charge in [0.1, 0.15) is 0 Å². The molecule has 1 saturated heterocycles. The second kappa shape index (κ2) is 3.67. The summed E-state index contributed by atoms with van der Waals surface area (Å²) in [5, 5.41) is 0. The zero-order chi connectivity index (χ0) is 12.3. The van der Waals surface area contributed by atoms with E-state index in [9.17, 15) is 0 Å². The molecule has 4 heteroatoms. The molecular formula is C13H22O4. The summed E-state index contributed by atoms with van der Waals surface area (Å²) >= 11 is 0. The molecule has 3 rings (SSSR count). The van der Waals surface area contributed by atoms with Crippen LogP contribution in [0.5, 0.6) is 0 Å². The van der Waals surface area contributed by atoms with E-state index in [1.165, 1.54) is 6.42 Å². The topological polar surface area (TPSA) is 36.9 Å². The Hall–Kier alpha value is -0.160. The number of hydrogen-bond acceptors (Lipinski definition) is 4. The molecular weight excluding hydrogens is 220 g/mol. The molecule has 1 aliphatic heterocycles. The SMILES string of the molecule is CO[C@]1(C)O[C@H]2CC3CC3C[C@@H]2O[C@@]1(C)OC. The zero-order valence-corrected chi connectivity index (χ0v) is 11.1. The van der Waals surface area contributed by atoms with Crippen LogP contribution in [-0.2, 0) is 18.9 Å². The van der Waals surface area contributed by atoms with Gasteiger partial charge in [-0.2, -0.15) is 0 Å². The van der Waals surface area contributed by atoms with E-state index in [0.29, 0.717) is 0 Å². The van der Waals surface area contributed by atoms with Crippen LogP contribution < -0.4 is 0 Å². The van der Waals surface area contributed by atoms with E-state index in [0.717, 1.165) is 24.7 Å². The van der Waals surface area contributed by atoms with Gasteiger partial charge in [0.15, 0.2) is 0 Å². The van der Waals surface area contributed by atoms with Gasteiger partial charge in [0.05, 0.1) is 12.2 Å². The van der Waals surface area contributed by atoms with Crippen molar-refractivity contribution >= 4 is 0 Å². The maximum Gasteiger partial charge on any atom is 0.220 e. The minimum absolute atomic E-state index is 0.159. The lowest BCUT2D eigenvalue weighted by Crippen LogP contribution is -2.65. The van der Waals surface area contributed by atoms with E-state index in [2.05, 4.69) is 0 Å². The fourth-order valence-electron chi connectivity index (χ4n) is 3.29. The molecule has 3 fully saturated rings. The van der Waals surface area contributed by atoms with Crippen LogP contribution in [0.1, 0.15) is 33.1 Å². The Balaban J connectivity index is 1.83. The van der Waals surface area contributed by atoms with Gasteiger partial charge in [-0.3, -0.25) is 0 Å². The molecule has 3 aliphatic rings. The molecule has 2 aliphatic carbocycles. The summed E-state index contributed by atoms with van der Waals surface area (Å²) < 4.78 is 23.3. The Kier molecular flexibility index (Phi) is 2.57. The molecule has 0 N–H and O–H groups in total. The van der Waals surface area contributed by atoms with Gasteiger partial charge in [-0.05, 0) is 44.9 Å². The summed E-state index contributed by atoms with van der Waals surface area (Å²) in [6.07, 6.45) is 3.87. The van der Waals surface area contributed by atoms with Gasteiger partial charge in [0.2, 0.25) is 11.6 Å². The predicted octanol–water partition coefficient (Wildman–Crippen LogP) is 1.93. The molecule has 98 valence electrons. The van der Waals surface area contributed by atoms with E-state index in [4.69, 9.17) is 18.9 Å². The smallest absolute Gasteiger partial charge is 0.220 e. The summed E-state index contributed by atoms with van der Waals surface area (Å²) in [7, 11) is 3.29. The quantitative estimate of drug-likeness (QED) is 0.741. The van der Waals surface area contributed by atoms with E-state index in [-0.39, 0.29) is 12.2 Å². The van der Waals surface area contributed by atoms with Crippen LogP contribution in [0.2, 0.25) is 0 Å². The van der Waals surface area contributed by atoms with Crippen molar-refractivity contribution in [2.75, 3.05) is 14.2 Å². The molecule has 0 bridgehead atoms. The van der Waals surface area contributed by atoms with Crippen LogP contribution >= 0.6 is 0 Å². The van der Waals surface area contributed by atoms with Gasteiger partial charge >= 0.3 is 0 Å². The Labute approximate surface area is 103 Å². The van der Waals surface area contributed by atoms with Crippen molar-refractivity contribution in [3.05, 3.63) is 0 Å². The minimum Gasteiger partial charge on any atom is -0.349 e. The maximum absolute atomic E-state index is 6.16. The van der Waals surface area contributed by atoms with Crippen molar-refractivity contribution < 1.29 is 18.9 Å². The summed E-state index contributed by atoms with van der Waals surface area (Å²) in [4.78, 5) is 0. The van der Waals surface area contributed by atoms with Crippen LogP contribution in [0.15, 0.2) is 0 Å². The van der Waals surface area contributed by atoms with Crippen molar-refractivity contribution in [1.82, 2.24) is 0 Å². The second-order valence-corrected chi connectivity index (χ2v) is 5.84. The lowest BCUT2D eigenvalue weighted by Gasteiger charge is -2.53. The van der Waals surface area contributed by atoms with Gasteiger partial charge in [0, 0.05) is 14.2 Å². The first kappa shape index (κ1) is 11.9. The van der Waals surface area contributed by atoms with Gasteiger partial charge < -0.3 is 18.9 Å². The molecule has 2 saturated carbocycles. The molecule has 2 unspecified atom stereocenters. The Morgan fingerprint density at radius 2 is 1.24 bits per heavy atom. The van der Waals surface area contributed by atoms with E-state index < -0.39 is 11.6 Å². The third-order valence-electron chi connectivity index (χ3n) is 4.91. The normalized spacial score (nSPS) is 57.2. The standard InChI is InChI=1S/C13H22O4/c1-12(14-3)13(2,15-4)17-11-7-9-5-8(9)6-10(11)16-12/h8-11H,5-7H2,1-4H3/t8?,9?,10-,11-,12+,13+/m0/s1. The van der Waals surface area contributed by atoms with Crippen molar-refractivity contribution in [2.45, 2.75) is 56.9 Å². The molecule has 4 nitrogen and oxygen atoms in total. The summed E-state index contributed by atoms with van der Waals surface area (Å²) in [5.74, 6) is 0.0515. The molecule has 0 radical (unpaired) electrons. The molecule has 0 aromatic rings. The van der Waals surface area contributed by atoms with Crippen LogP contribution in [0.3, 0.4) is 0 Å². The van der Waals surface area contributed by atoms with Crippen LogP contribution in [0, 0.1) is 11.8 Å². The average molecular weight is 242 g/mol. The third-order valence-corrected chi connectivity index (χ3v) is 4.91. The predicted molar refractivity (Wildman–Crippen MR) is 61.4 cm³/mol. The lowest BCUT2D eigenvalue weighted by molar-refractivity contribution is -0.451. The van der Waals surface area contributed by atoms with E-state index >= 15 is 0 Å². The first-order valence-corrected chi connectivity index (χ1v) is 6.47. The average Bonchev–Trinajstić information content (AvgIpc) is 3.05. The second-order valence-electron chi connectivity index (χ2n) is 5.84. The monoisotopic (exact) mass is 242 g/mol. The molecule has 17 heavy (non-hydrogen) atoms. The van der Waals surface area contributed by atoms with Crippen LogP contribution in [0.25, 0.3) is 0 Å². The minimum atomic E-state index is -0.829. The Bertz CT molecular complexity index is 291. The van der Waals surface area contributed by atoms with Crippen molar-refractivity contribution in [3.8, 4) is 0 Å². The molecule has 1 heterocycles.